The summed E-state index contributed by atoms with van der Waals surface area (Å²) in [5, 5.41) is 3.62. The maximum absolute atomic E-state index is 4.04. The summed E-state index contributed by atoms with van der Waals surface area (Å²) in [4.78, 5) is 4.04. The molecule has 0 saturated carbocycles. The minimum Gasteiger partial charge on any atom is -0.306 e. The zero-order valence-corrected chi connectivity index (χ0v) is 11.0. The van der Waals surface area contributed by atoms with Gasteiger partial charge in [-0.1, -0.05) is 44.2 Å². The highest BCUT2D eigenvalue weighted by atomic mass is 14.9. The van der Waals surface area contributed by atoms with Crippen LogP contribution in [0.15, 0.2) is 54.9 Å². The predicted molar refractivity (Wildman–Crippen MR) is 75.1 cm³/mol. The summed E-state index contributed by atoms with van der Waals surface area (Å²) in [7, 11) is 0. The van der Waals surface area contributed by atoms with Crippen LogP contribution in [-0.4, -0.2) is 4.98 Å². The number of hydrogen-bond donors (Lipinski definition) is 1. The van der Waals surface area contributed by atoms with Crippen molar-refractivity contribution in [1.29, 1.82) is 0 Å². The van der Waals surface area contributed by atoms with Crippen LogP contribution in [0.2, 0.25) is 0 Å². The molecule has 0 spiro atoms. The van der Waals surface area contributed by atoms with Gasteiger partial charge >= 0.3 is 0 Å². The van der Waals surface area contributed by atoms with Gasteiger partial charge in [0.25, 0.3) is 0 Å². The van der Waals surface area contributed by atoms with E-state index in [1.54, 1.807) is 0 Å². The van der Waals surface area contributed by atoms with Crippen molar-refractivity contribution in [2.24, 2.45) is 5.92 Å². The summed E-state index contributed by atoms with van der Waals surface area (Å²) in [6.07, 6.45) is 3.67. The molecule has 1 atom stereocenters. The fraction of sp³-hybridized carbons (Fsp3) is 0.312. The van der Waals surface area contributed by atoms with Gasteiger partial charge in [0.1, 0.15) is 0 Å². The first kappa shape index (κ1) is 12.8. The zero-order valence-electron chi connectivity index (χ0n) is 11.0. The Kier molecular flexibility index (Phi) is 4.48. The molecular weight excluding hydrogens is 220 g/mol. The van der Waals surface area contributed by atoms with Gasteiger partial charge in [-0.3, -0.25) is 4.98 Å². The smallest absolute Gasteiger partial charge is 0.0346 e. The van der Waals surface area contributed by atoms with E-state index >= 15 is 0 Å². The van der Waals surface area contributed by atoms with Crippen LogP contribution in [0.1, 0.15) is 31.0 Å². The number of nitrogens with zero attached hydrogens (tertiary/aromatic N) is 1. The second kappa shape index (κ2) is 6.31. The predicted octanol–water partition coefficient (Wildman–Crippen LogP) is 3.57. The third-order valence-electron chi connectivity index (χ3n) is 3.10. The van der Waals surface area contributed by atoms with Gasteiger partial charge in [0, 0.05) is 25.0 Å². The minimum absolute atomic E-state index is 0.388. The van der Waals surface area contributed by atoms with Gasteiger partial charge in [0.05, 0.1) is 0 Å². The molecule has 1 aromatic carbocycles. The highest BCUT2D eigenvalue weighted by Gasteiger charge is 2.14. The Balaban J connectivity index is 2.04. The highest BCUT2D eigenvalue weighted by molar-refractivity contribution is 5.20. The van der Waals surface area contributed by atoms with E-state index < -0.39 is 0 Å². The molecule has 0 bridgehead atoms. The Morgan fingerprint density at radius 2 is 1.67 bits per heavy atom. The number of benzene rings is 1. The lowest BCUT2D eigenvalue weighted by atomic mass is 9.96. The first-order valence-corrected chi connectivity index (χ1v) is 6.44. The van der Waals surface area contributed by atoms with E-state index in [4.69, 9.17) is 0 Å². The van der Waals surface area contributed by atoms with E-state index in [9.17, 15) is 0 Å². The molecule has 2 aromatic rings. The summed E-state index contributed by atoms with van der Waals surface area (Å²) in [6.45, 7) is 5.37. The summed E-state index contributed by atoms with van der Waals surface area (Å²) in [5.41, 5.74) is 2.62. The van der Waals surface area contributed by atoms with Gasteiger partial charge in [0.15, 0.2) is 0 Å². The van der Waals surface area contributed by atoms with Crippen molar-refractivity contribution in [3.63, 3.8) is 0 Å². The van der Waals surface area contributed by atoms with Crippen LogP contribution >= 0.6 is 0 Å². The van der Waals surface area contributed by atoms with E-state index in [0.29, 0.717) is 12.0 Å². The normalized spacial score (nSPS) is 12.6. The second-order valence-corrected chi connectivity index (χ2v) is 4.87. The summed E-state index contributed by atoms with van der Waals surface area (Å²) < 4.78 is 0. The Labute approximate surface area is 109 Å². The Morgan fingerprint density at radius 3 is 2.28 bits per heavy atom. The average molecular weight is 240 g/mol. The molecule has 1 heterocycles. The molecule has 1 N–H and O–H groups in total. The number of nitrogens with one attached hydrogen (secondary N) is 1. The molecular formula is C16H20N2. The zero-order chi connectivity index (χ0) is 12.8. The van der Waals surface area contributed by atoms with Crippen molar-refractivity contribution in [2.75, 3.05) is 0 Å². The van der Waals surface area contributed by atoms with E-state index in [2.05, 4.69) is 66.6 Å². The summed E-state index contributed by atoms with van der Waals surface area (Å²) >= 11 is 0. The molecule has 0 saturated heterocycles. The monoisotopic (exact) mass is 240 g/mol. The molecule has 18 heavy (non-hydrogen) atoms. The molecule has 0 aliphatic rings. The van der Waals surface area contributed by atoms with Crippen molar-refractivity contribution in [2.45, 2.75) is 26.4 Å². The SMILES string of the molecule is CC(C)C(NCc1ccncc1)c1ccccc1. The van der Waals surface area contributed by atoms with Crippen LogP contribution in [0.5, 0.6) is 0 Å². The van der Waals surface area contributed by atoms with Crippen LogP contribution in [0.3, 0.4) is 0 Å². The van der Waals surface area contributed by atoms with Crippen molar-refractivity contribution < 1.29 is 0 Å². The fourth-order valence-electron chi connectivity index (χ4n) is 2.13. The maximum Gasteiger partial charge on any atom is 0.0346 e. The largest absolute Gasteiger partial charge is 0.306 e. The molecule has 2 nitrogen and oxygen atoms in total. The van der Waals surface area contributed by atoms with E-state index in [0.717, 1.165) is 6.54 Å². The second-order valence-electron chi connectivity index (χ2n) is 4.87. The average Bonchev–Trinajstić information content (AvgIpc) is 2.41. The molecule has 0 fully saturated rings. The Morgan fingerprint density at radius 1 is 1.00 bits per heavy atom. The van der Waals surface area contributed by atoms with Gasteiger partial charge < -0.3 is 5.32 Å². The highest BCUT2D eigenvalue weighted by Crippen LogP contribution is 2.21. The van der Waals surface area contributed by atoms with Crippen LogP contribution in [0, 0.1) is 5.92 Å². The van der Waals surface area contributed by atoms with Crippen molar-refractivity contribution in [3.8, 4) is 0 Å². The van der Waals surface area contributed by atoms with Crippen LogP contribution in [-0.2, 0) is 6.54 Å². The molecule has 94 valence electrons. The lowest BCUT2D eigenvalue weighted by molar-refractivity contribution is 0.410. The Hall–Kier alpha value is -1.67. The molecule has 0 aliphatic heterocycles. The first-order valence-electron chi connectivity index (χ1n) is 6.44. The molecule has 2 rings (SSSR count). The minimum atomic E-state index is 0.388. The standard InChI is InChI=1S/C16H20N2/c1-13(2)16(15-6-4-3-5-7-15)18-12-14-8-10-17-11-9-14/h3-11,13,16,18H,12H2,1-2H3. The van der Waals surface area contributed by atoms with Crippen LogP contribution in [0.4, 0.5) is 0 Å². The van der Waals surface area contributed by atoms with Crippen LogP contribution < -0.4 is 5.32 Å². The summed E-state index contributed by atoms with van der Waals surface area (Å²) in [6, 6.07) is 15.1. The molecule has 1 unspecified atom stereocenters. The van der Waals surface area contributed by atoms with E-state index in [-0.39, 0.29) is 0 Å². The Bertz CT molecular complexity index is 451. The first-order chi connectivity index (χ1) is 8.77. The molecule has 0 radical (unpaired) electrons. The molecule has 0 amide bonds. The third-order valence-corrected chi connectivity index (χ3v) is 3.10. The van der Waals surface area contributed by atoms with Gasteiger partial charge in [-0.2, -0.15) is 0 Å². The number of aromatic nitrogens is 1. The van der Waals surface area contributed by atoms with Crippen molar-refractivity contribution >= 4 is 0 Å². The third kappa shape index (κ3) is 3.41. The maximum atomic E-state index is 4.04. The van der Waals surface area contributed by atoms with Crippen molar-refractivity contribution in [1.82, 2.24) is 10.3 Å². The number of pyridine rings is 1. The molecule has 2 heteroatoms. The molecule has 0 aliphatic carbocycles. The van der Waals surface area contributed by atoms with Gasteiger partial charge in [-0.15, -0.1) is 0 Å². The molecule has 1 aromatic heterocycles. The van der Waals surface area contributed by atoms with E-state index in [1.807, 2.05) is 12.4 Å². The van der Waals surface area contributed by atoms with Gasteiger partial charge in [-0.05, 0) is 29.2 Å². The van der Waals surface area contributed by atoms with Gasteiger partial charge in [-0.25, -0.2) is 0 Å². The van der Waals surface area contributed by atoms with Gasteiger partial charge in [0.2, 0.25) is 0 Å². The topological polar surface area (TPSA) is 24.9 Å². The number of hydrogen-bond acceptors (Lipinski definition) is 2. The quantitative estimate of drug-likeness (QED) is 0.864. The van der Waals surface area contributed by atoms with E-state index in [1.165, 1.54) is 11.1 Å². The fourth-order valence-corrected chi connectivity index (χ4v) is 2.13. The number of rotatable bonds is 5. The van der Waals surface area contributed by atoms with Crippen LogP contribution in [0.25, 0.3) is 0 Å². The summed E-state index contributed by atoms with van der Waals surface area (Å²) in [5.74, 6) is 0.564. The lowest BCUT2D eigenvalue weighted by Crippen LogP contribution is -2.25. The lowest BCUT2D eigenvalue weighted by Gasteiger charge is -2.23. The van der Waals surface area contributed by atoms with Crippen molar-refractivity contribution in [3.05, 3.63) is 66.0 Å².